The van der Waals surface area contributed by atoms with Crippen molar-refractivity contribution in [1.82, 2.24) is 0 Å². The van der Waals surface area contributed by atoms with E-state index in [1.807, 2.05) is 27.7 Å². The van der Waals surface area contributed by atoms with Crippen molar-refractivity contribution >= 4 is 17.7 Å². The van der Waals surface area contributed by atoms with Crippen molar-refractivity contribution in [2.45, 2.75) is 77.6 Å². The van der Waals surface area contributed by atoms with Crippen LogP contribution in [0.3, 0.4) is 0 Å². The Kier molecular flexibility index (Phi) is 9.43. The molecule has 0 N–H and O–H groups in total. The predicted molar refractivity (Wildman–Crippen MR) is 81.4 cm³/mol. The normalized spacial score (nSPS) is 13.8. The van der Waals surface area contributed by atoms with E-state index >= 15 is 0 Å². The highest BCUT2D eigenvalue weighted by Crippen LogP contribution is 2.27. The summed E-state index contributed by atoms with van der Waals surface area (Å²) in [5.74, 6) is -1.85. The summed E-state index contributed by atoms with van der Waals surface area (Å²) in [7, 11) is 0. The molecule has 0 aromatic rings. The fraction of sp³-hybridized carbons (Fsp3) is 0.933. The van der Waals surface area contributed by atoms with Gasteiger partial charge in [0, 0.05) is 12.8 Å². The fourth-order valence-electron chi connectivity index (χ4n) is 1.70. The Morgan fingerprint density at radius 2 is 1.85 bits per heavy atom. The van der Waals surface area contributed by atoms with Gasteiger partial charge in [0.2, 0.25) is 5.92 Å². The predicted octanol–water partition coefficient (Wildman–Crippen LogP) is 4.91. The number of esters is 1. The molecule has 0 aromatic heterocycles. The van der Waals surface area contributed by atoms with Crippen molar-refractivity contribution < 1.29 is 18.3 Å². The first kappa shape index (κ1) is 19.7. The zero-order chi connectivity index (χ0) is 15.8. The summed E-state index contributed by atoms with van der Waals surface area (Å²) in [6.07, 6.45) is 0.782. The summed E-state index contributed by atoms with van der Waals surface area (Å²) in [4.78, 5) is 11.9. The maximum atomic E-state index is 13.1. The first-order valence-electron chi connectivity index (χ1n) is 7.38. The Morgan fingerprint density at radius 3 is 2.30 bits per heavy atom. The molecule has 2 nitrogen and oxygen atoms in total. The van der Waals surface area contributed by atoms with Gasteiger partial charge in [-0.15, -0.1) is 11.8 Å². The van der Waals surface area contributed by atoms with E-state index in [2.05, 4.69) is 0 Å². The minimum Gasteiger partial charge on any atom is -0.462 e. The molecular weight excluding hydrogens is 282 g/mol. The summed E-state index contributed by atoms with van der Waals surface area (Å²) in [6, 6.07) is 0. The van der Waals surface area contributed by atoms with Gasteiger partial charge in [-0.1, -0.05) is 20.8 Å². The Labute approximate surface area is 126 Å². The highest BCUT2D eigenvalue weighted by molar-refractivity contribution is 8.00. The Balaban J connectivity index is 4.20. The van der Waals surface area contributed by atoms with Crippen molar-refractivity contribution in [1.29, 1.82) is 0 Å². The maximum absolute atomic E-state index is 13.1. The first-order chi connectivity index (χ1) is 9.18. The van der Waals surface area contributed by atoms with Crippen LogP contribution in [0.1, 0.15) is 60.3 Å². The largest absolute Gasteiger partial charge is 0.462 e. The van der Waals surface area contributed by atoms with Crippen LogP contribution in [0.5, 0.6) is 0 Å². The van der Waals surface area contributed by atoms with Gasteiger partial charge in [0.05, 0.1) is 6.10 Å². The van der Waals surface area contributed by atoms with Gasteiger partial charge in [-0.05, 0) is 38.4 Å². The SMILES string of the molecule is CCC(F)(F)CCCSC(CC(C)C)C(=O)OC(C)C. The lowest BCUT2D eigenvalue weighted by Crippen LogP contribution is -2.25. The molecule has 0 aliphatic carbocycles. The quantitative estimate of drug-likeness (QED) is 0.423. The molecule has 0 radical (unpaired) electrons. The molecule has 1 atom stereocenters. The monoisotopic (exact) mass is 310 g/mol. The molecular formula is C15H28F2O2S. The number of thioether (sulfide) groups is 1. The van der Waals surface area contributed by atoms with Gasteiger partial charge >= 0.3 is 5.97 Å². The molecule has 0 saturated heterocycles. The van der Waals surface area contributed by atoms with E-state index in [-0.39, 0.29) is 30.2 Å². The molecule has 0 rings (SSSR count). The van der Waals surface area contributed by atoms with E-state index in [1.165, 1.54) is 18.7 Å². The van der Waals surface area contributed by atoms with Crippen LogP contribution in [-0.4, -0.2) is 29.0 Å². The number of hydrogen-bond acceptors (Lipinski definition) is 3. The lowest BCUT2D eigenvalue weighted by Gasteiger charge is -2.19. The van der Waals surface area contributed by atoms with Crippen molar-refractivity contribution in [3.05, 3.63) is 0 Å². The van der Waals surface area contributed by atoms with Crippen LogP contribution < -0.4 is 0 Å². The number of halogens is 2. The summed E-state index contributed by atoms with van der Waals surface area (Å²) >= 11 is 1.44. The maximum Gasteiger partial charge on any atom is 0.319 e. The third kappa shape index (κ3) is 9.56. The highest BCUT2D eigenvalue weighted by Gasteiger charge is 2.26. The fourth-order valence-corrected chi connectivity index (χ4v) is 3.01. The molecule has 0 aromatic carbocycles. The van der Waals surface area contributed by atoms with Crippen LogP contribution in [0.25, 0.3) is 0 Å². The van der Waals surface area contributed by atoms with Crippen molar-refractivity contribution in [3.63, 3.8) is 0 Å². The summed E-state index contributed by atoms with van der Waals surface area (Å²) < 4.78 is 31.5. The third-order valence-corrected chi connectivity index (χ3v) is 4.14. The number of hydrogen-bond donors (Lipinski definition) is 0. The molecule has 0 spiro atoms. The molecule has 0 aliphatic rings. The highest BCUT2D eigenvalue weighted by atomic mass is 32.2. The Hall–Kier alpha value is -0.320. The average molecular weight is 310 g/mol. The summed E-state index contributed by atoms with van der Waals surface area (Å²) in [5.41, 5.74) is 0. The van der Waals surface area contributed by atoms with E-state index < -0.39 is 5.92 Å². The molecule has 0 aliphatic heterocycles. The molecule has 20 heavy (non-hydrogen) atoms. The molecule has 120 valence electrons. The summed E-state index contributed by atoms with van der Waals surface area (Å²) in [6.45, 7) is 9.21. The van der Waals surface area contributed by atoms with Crippen molar-refractivity contribution in [2.75, 3.05) is 5.75 Å². The number of rotatable bonds is 10. The van der Waals surface area contributed by atoms with Crippen LogP contribution in [0, 0.1) is 5.92 Å². The topological polar surface area (TPSA) is 26.3 Å². The van der Waals surface area contributed by atoms with Crippen molar-refractivity contribution in [2.24, 2.45) is 5.92 Å². The zero-order valence-corrected chi connectivity index (χ0v) is 14.1. The smallest absolute Gasteiger partial charge is 0.319 e. The van der Waals surface area contributed by atoms with E-state index in [4.69, 9.17) is 4.74 Å². The van der Waals surface area contributed by atoms with Gasteiger partial charge < -0.3 is 4.74 Å². The number of carbonyl (C=O) groups excluding carboxylic acids is 1. The molecule has 0 saturated carbocycles. The van der Waals surface area contributed by atoms with Crippen LogP contribution in [-0.2, 0) is 9.53 Å². The second kappa shape index (κ2) is 9.59. The Morgan fingerprint density at radius 1 is 1.25 bits per heavy atom. The minimum absolute atomic E-state index is 0.107. The lowest BCUT2D eigenvalue weighted by atomic mass is 10.1. The Bertz CT molecular complexity index is 281. The average Bonchev–Trinajstić information content (AvgIpc) is 2.31. The summed E-state index contributed by atoms with van der Waals surface area (Å²) in [5, 5.41) is -0.243. The molecule has 0 bridgehead atoms. The van der Waals surface area contributed by atoms with Gasteiger partial charge in [0.15, 0.2) is 0 Å². The van der Waals surface area contributed by atoms with E-state index in [9.17, 15) is 13.6 Å². The second-order valence-electron chi connectivity index (χ2n) is 5.79. The van der Waals surface area contributed by atoms with E-state index in [0.29, 0.717) is 18.1 Å². The van der Waals surface area contributed by atoms with Crippen LogP contribution >= 0.6 is 11.8 Å². The second-order valence-corrected chi connectivity index (χ2v) is 7.10. The van der Waals surface area contributed by atoms with Gasteiger partial charge in [-0.2, -0.15) is 0 Å². The standard InChI is InChI=1S/C15H28F2O2S/c1-6-15(16,17)8-7-9-20-13(10-11(2)3)14(18)19-12(4)5/h11-13H,6-10H2,1-5H3. The van der Waals surface area contributed by atoms with E-state index in [0.717, 1.165) is 6.42 Å². The molecule has 0 heterocycles. The van der Waals surface area contributed by atoms with Crippen LogP contribution in [0.15, 0.2) is 0 Å². The third-order valence-electron chi connectivity index (χ3n) is 2.82. The van der Waals surface area contributed by atoms with Crippen LogP contribution in [0.2, 0.25) is 0 Å². The van der Waals surface area contributed by atoms with Gasteiger partial charge in [-0.25, -0.2) is 8.78 Å². The zero-order valence-electron chi connectivity index (χ0n) is 13.2. The molecule has 0 fully saturated rings. The minimum atomic E-state index is -2.58. The molecule has 5 heteroatoms. The first-order valence-corrected chi connectivity index (χ1v) is 8.42. The number of ether oxygens (including phenoxy) is 1. The van der Waals surface area contributed by atoms with E-state index in [1.54, 1.807) is 0 Å². The van der Waals surface area contributed by atoms with Crippen molar-refractivity contribution in [3.8, 4) is 0 Å². The van der Waals surface area contributed by atoms with Gasteiger partial charge in [-0.3, -0.25) is 4.79 Å². The lowest BCUT2D eigenvalue weighted by molar-refractivity contribution is -0.147. The van der Waals surface area contributed by atoms with Crippen LogP contribution in [0.4, 0.5) is 8.78 Å². The molecule has 1 unspecified atom stereocenters. The van der Waals surface area contributed by atoms with Gasteiger partial charge in [0.1, 0.15) is 5.25 Å². The number of alkyl halides is 2. The molecule has 0 amide bonds. The van der Waals surface area contributed by atoms with Gasteiger partial charge in [0.25, 0.3) is 0 Å². The number of carbonyl (C=O) groups is 1.